The summed E-state index contributed by atoms with van der Waals surface area (Å²) in [5, 5.41) is 10.9. The van der Waals surface area contributed by atoms with Gasteiger partial charge in [0.1, 0.15) is 5.75 Å². The molecule has 0 radical (unpaired) electrons. The number of carbonyl (C=O) groups excluding carboxylic acids is 1. The maximum absolute atomic E-state index is 12.7. The van der Waals surface area contributed by atoms with Crippen LogP contribution >= 0.6 is 23.2 Å². The standard InChI is InChI=1S/C16H13Cl2NO2/c17-11-6-7-12(13(18)9-11)16(21)19-8-2-4-10-3-1-5-14(20)15(10)19/h1,3,5-7,9,20H,2,4,8H2. The molecular weight excluding hydrogens is 309 g/mol. The van der Waals surface area contributed by atoms with Gasteiger partial charge in [0.25, 0.3) is 5.91 Å². The van der Waals surface area contributed by atoms with Crippen molar-refractivity contribution in [1.29, 1.82) is 0 Å². The van der Waals surface area contributed by atoms with Gasteiger partial charge in [-0.1, -0.05) is 35.3 Å². The second-order valence-electron chi connectivity index (χ2n) is 4.97. The van der Waals surface area contributed by atoms with Gasteiger partial charge in [-0.25, -0.2) is 0 Å². The lowest BCUT2D eigenvalue weighted by Gasteiger charge is -2.30. The Kier molecular flexibility index (Phi) is 3.79. The fourth-order valence-corrected chi connectivity index (χ4v) is 3.13. The Bertz CT molecular complexity index is 715. The van der Waals surface area contributed by atoms with Crippen molar-refractivity contribution >= 4 is 34.8 Å². The molecule has 0 bridgehead atoms. The first-order chi connectivity index (χ1) is 10.1. The second kappa shape index (κ2) is 5.58. The van der Waals surface area contributed by atoms with Gasteiger partial charge >= 0.3 is 0 Å². The molecule has 0 spiro atoms. The molecule has 108 valence electrons. The van der Waals surface area contributed by atoms with Gasteiger partial charge in [0, 0.05) is 11.6 Å². The number of halogens is 2. The van der Waals surface area contributed by atoms with E-state index in [-0.39, 0.29) is 11.7 Å². The number of fused-ring (bicyclic) bond motifs is 1. The number of carbonyl (C=O) groups is 1. The van der Waals surface area contributed by atoms with Crippen LogP contribution in [0.25, 0.3) is 0 Å². The molecule has 0 unspecified atom stereocenters. The van der Waals surface area contributed by atoms with Crippen molar-refractivity contribution in [2.45, 2.75) is 12.8 Å². The highest BCUT2D eigenvalue weighted by atomic mass is 35.5. The Morgan fingerprint density at radius 1 is 1.19 bits per heavy atom. The van der Waals surface area contributed by atoms with Crippen LogP contribution in [0.15, 0.2) is 36.4 Å². The monoisotopic (exact) mass is 321 g/mol. The number of nitrogens with zero attached hydrogens (tertiary/aromatic N) is 1. The average molecular weight is 322 g/mol. The number of phenolic OH excluding ortho intramolecular Hbond substituents is 1. The lowest BCUT2D eigenvalue weighted by molar-refractivity contribution is 0.0984. The highest BCUT2D eigenvalue weighted by Gasteiger charge is 2.27. The van der Waals surface area contributed by atoms with E-state index in [1.165, 1.54) is 0 Å². The summed E-state index contributed by atoms with van der Waals surface area (Å²) in [4.78, 5) is 14.3. The Balaban J connectivity index is 2.04. The molecule has 3 rings (SSSR count). The fourth-order valence-electron chi connectivity index (χ4n) is 2.64. The third-order valence-electron chi connectivity index (χ3n) is 3.60. The van der Waals surface area contributed by atoms with E-state index in [9.17, 15) is 9.90 Å². The predicted molar refractivity (Wildman–Crippen MR) is 84.6 cm³/mol. The topological polar surface area (TPSA) is 40.5 Å². The molecule has 1 N–H and O–H groups in total. The molecule has 21 heavy (non-hydrogen) atoms. The minimum atomic E-state index is -0.223. The highest BCUT2D eigenvalue weighted by molar-refractivity contribution is 6.37. The Morgan fingerprint density at radius 3 is 2.76 bits per heavy atom. The lowest BCUT2D eigenvalue weighted by atomic mass is 10.00. The van der Waals surface area contributed by atoms with Gasteiger partial charge in [0.2, 0.25) is 0 Å². The van der Waals surface area contributed by atoms with Gasteiger partial charge in [-0.2, -0.15) is 0 Å². The quantitative estimate of drug-likeness (QED) is 0.851. The maximum atomic E-state index is 12.7. The lowest BCUT2D eigenvalue weighted by Crippen LogP contribution is -2.35. The molecule has 1 aliphatic heterocycles. The highest BCUT2D eigenvalue weighted by Crippen LogP contribution is 2.37. The molecule has 0 aliphatic carbocycles. The molecule has 0 saturated carbocycles. The summed E-state index contributed by atoms with van der Waals surface area (Å²) < 4.78 is 0. The first-order valence-electron chi connectivity index (χ1n) is 6.65. The van der Waals surface area contributed by atoms with E-state index in [1.54, 1.807) is 35.2 Å². The average Bonchev–Trinajstić information content (AvgIpc) is 2.46. The molecule has 0 atom stereocenters. The molecule has 2 aromatic carbocycles. The van der Waals surface area contributed by atoms with Crippen LogP contribution in [0, 0.1) is 0 Å². The van der Waals surface area contributed by atoms with Gasteiger partial charge in [-0.3, -0.25) is 4.79 Å². The molecule has 0 aromatic heterocycles. The summed E-state index contributed by atoms with van der Waals surface area (Å²) in [5.41, 5.74) is 1.94. The van der Waals surface area contributed by atoms with Crippen LogP contribution in [0.4, 0.5) is 5.69 Å². The summed E-state index contributed by atoms with van der Waals surface area (Å²) in [6.45, 7) is 0.558. The van der Waals surface area contributed by atoms with E-state index < -0.39 is 0 Å². The first kappa shape index (κ1) is 14.2. The van der Waals surface area contributed by atoms with Crippen molar-refractivity contribution in [3.05, 3.63) is 57.6 Å². The van der Waals surface area contributed by atoms with Crippen molar-refractivity contribution < 1.29 is 9.90 Å². The number of aryl methyl sites for hydroxylation is 1. The number of aromatic hydroxyl groups is 1. The molecule has 3 nitrogen and oxygen atoms in total. The number of phenols is 1. The number of benzene rings is 2. The summed E-state index contributed by atoms with van der Waals surface area (Å²) in [6.07, 6.45) is 1.70. The normalized spacial score (nSPS) is 13.9. The second-order valence-corrected chi connectivity index (χ2v) is 5.81. The van der Waals surface area contributed by atoms with E-state index in [4.69, 9.17) is 23.2 Å². The Hall–Kier alpha value is -1.71. The number of hydrogen-bond acceptors (Lipinski definition) is 2. The van der Waals surface area contributed by atoms with Gasteiger partial charge in [0.15, 0.2) is 0 Å². The smallest absolute Gasteiger partial charge is 0.259 e. The molecule has 1 amide bonds. The molecule has 5 heteroatoms. The van der Waals surface area contributed by atoms with Crippen LogP contribution < -0.4 is 4.90 Å². The first-order valence-corrected chi connectivity index (χ1v) is 7.41. The van der Waals surface area contributed by atoms with Gasteiger partial charge in [-0.15, -0.1) is 0 Å². The van der Waals surface area contributed by atoms with E-state index in [1.807, 2.05) is 6.07 Å². The van der Waals surface area contributed by atoms with Crippen molar-refractivity contribution in [3.63, 3.8) is 0 Å². The molecular formula is C16H13Cl2NO2. The minimum Gasteiger partial charge on any atom is -0.506 e. The van der Waals surface area contributed by atoms with Gasteiger partial charge in [0.05, 0.1) is 16.3 Å². The SMILES string of the molecule is O=C(c1ccc(Cl)cc1Cl)N1CCCc2cccc(O)c21. The van der Waals surface area contributed by atoms with Crippen molar-refractivity contribution in [2.75, 3.05) is 11.4 Å². The van der Waals surface area contributed by atoms with Crippen LogP contribution in [-0.4, -0.2) is 17.6 Å². The van der Waals surface area contributed by atoms with Crippen LogP contribution in [0.1, 0.15) is 22.3 Å². The number of para-hydroxylation sites is 1. The van der Waals surface area contributed by atoms with Crippen molar-refractivity contribution in [1.82, 2.24) is 0 Å². The maximum Gasteiger partial charge on any atom is 0.259 e. The number of rotatable bonds is 1. The summed E-state index contributed by atoms with van der Waals surface area (Å²) in [7, 11) is 0. The number of anilines is 1. The van der Waals surface area contributed by atoms with Crippen LogP contribution in [-0.2, 0) is 6.42 Å². The third-order valence-corrected chi connectivity index (χ3v) is 4.15. The van der Waals surface area contributed by atoms with Gasteiger partial charge < -0.3 is 10.0 Å². The summed E-state index contributed by atoms with van der Waals surface area (Å²) in [6, 6.07) is 10.1. The van der Waals surface area contributed by atoms with E-state index in [2.05, 4.69) is 0 Å². The molecule has 2 aromatic rings. The zero-order chi connectivity index (χ0) is 15.0. The third kappa shape index (κ3) is 2.59. The molecule has 0 fully saturated rings. The Labute approximate surface area is 132 Å². The predicted octanol–water partition coefficient (Wildman–Crippen LogP) is 4.29. The minimum absolute atomic E-state index is 0.116. The summed E-state index contributed by atoms with van der Waals surface area (Å²) >= 11 is 12.0. The van der Waals surface area contributed by atoms with Crippen molar-refractivity contribution in [2.24, 2.45) is 0 Å². The molecule has 0 saturated heterocycles. The number of amides is 1. The van der Waals surface area contributed by atoms with Crippen LogP contribution in [0.3, 0.4) is 0 Å². The van der Waals surface area contributed by atoms with E-state index in [0.29, 0.717) is 27.8 Å². The van der Waals surface area contributed by atoms with E-state index in [0.717, 1.165) is 18.4 Å². The molecule has 1 heterocycles. The largest absolute Gasteiger partial charge is 0.506 e. The zero-order valence-electron chi connectivity index (χ0n) is 11.1. The van der Waals surface area contributed by atoms with Gasteiger partial charge in [-0.05, 0) is 42.7 Å². The molecule has 1 aliphatic rings. The van der Waals surface area contributed by atoms with Crippen LogP contribution in [0.5, 0.6) is 5.75 Å². The van der Waals surface area contributed by atoms with E-state index >= 15 is 0 Å². The number of hydrogen-bond donors (Lipinski definition) is 1. The summed E-state index contributed by atoms with van der Waals surface area (Å²) in [5.74, 6) is -0.107. The Morgan fingerprint density at radius 2 is 2.00 bits per heavy atom. The van der Waals surface area contributed by atoms with Crippen LogP contribution in [0.2, 0.25) is 10.0 Å². The zero-order valence-corrected chi connectivity index (χ0v) is 12.7. The van der Waals surface area contributed by atoms with Crippen molar-refractivity contribution in [3.8, 4) is 5.75 Å². The fraction of sp³-hybridized carbons (Fsp3) is 0.188.